The predicted molar refractivity (Wildman–Crippen MR) is 121 cm³/mol. The van der Waals surface area contributed by atoms with Gasteiger partial charge in [-0.3, -0.25) is 9.69 Å². The van der Waals surface area contributed by atoms with Crippen molar-refractivity contribution < 1.29 is 14.6 Å². The summed E-state index contributed by atoms with van der Waals surface area (Å²) in [5.41, 5.74) is 1.16. The van der Waals surface area contributed by atoms with Gasteiger partial charge < -0.3 is 19.6 Å². The first-order chi connectivity index (χ1) is 16.1. The van der Waals surface area contributed by atoms with Crippen molar-refractivity contribution in [1.29, 1.82) is 0 Å². The van der Waals surface area contributed by atoms with E-state index in [2.05, 4.69) is 25.4 Å². The SMILES string of the molecule is CCOc1ccc2[nH]c(=O)c([C@H](c3nnnn3C[C@H]3CCCO3)N3CCC(O)CC3)cc2c1. The number of ether oxygens (including phenoxy) is 2. The fourth-order valence-electron chi connectivity index (χ4n) is 4.82. The van der Waals surface area contributed by atoms with E-state index in [0.29, 0.717) is 50.5 Å². The number of hydrogen-bond acceptors (Lipinski definition) is 8. The zero-order chi connectivity index (χ0) is 22.8. The Hall–Kier alpha value is -2.82. The average molecular weight is 455 g/mol. The molecule has 0 aliphatic carbocycles. The first-order valence-corrected chi connectivity index (χ1v) is 11.7. The molecule has 33 heavy (non-hydrogen) atoms. The monoisotopic (exact) mass is 454 g/mol. The molecule has 2 fully saturated rings. The second-order valence-electron chi connectivity index (χ2n) is 8.76. The number of likely N-dealkylation sites (tertiary alicyclic amines) is 1. The number of pyridine rings is 1. The number of nitrogens with zero attached hydrogens (tertiary/aromatic N) is 5. The summed E-state index contributed by atoms with van der Waals surface area (Å²) >= 11 is 0. The van der Waals surface area contributed by atoms with Crippen molar-refractivity contribution in [3.63, 3.8) is 0 Å². The molecule has 0 spiro atoms. The van der Waals surface area contributed by atoms with Gasteiger partial charge in [0.15, 0.2) is 5.82 Å². The maximum Gasteiger partial charge on any atom is 0.253 e. The number of fused-ring (bicyclic) bond motifs is 1. The molecule has 10 heteroatoms. The van der Waals surface area contributed by atoms with Gasteiger partial charge in [-0.25, -0.2) is 4.68 Å². The number of nitrogens with one attached hydrogen (secondary N) is 1. The average Bonchev–Trinajstić information content (AvgIpc) is 3.49. The van der Waals surface area contributed by atoms with Gasteiger partial charge in [0.2, 0.25) is 0 Å². The van der Waals surface area contributed by atoms with Crippen molar-refractivity contribution in [2.45, 2.75) is 57.4 Å². The van der Waals surface area contributed by atoms with Crippen molar-refractivity contribution in [1.82, 2.24) is 30.1 Å². The van der Waals surface area contributed by atoms with Gasteiger partial charge >= 0.3 is 0 Å². The van der Waals surface area contributed by atoms with Crippen LogP contribution in [-0.2, 0) is 11.3 Å². The van der Waals surface area contributed by atoms with E-state index in [9.17, 15) is 9.90 Å². The standard InChI is InChI=1S/C23H30N6O4/c1-2-32-17-5-6-20-15(12-17)13-19(23(31)24-20)21(28-9-7-16(30)8-10-28)22-25-26-27-29(22)14-18-4-3-11-33-18/h5-6,12-13,16,18,21,30H,2-4,7-11,14H2,1H3,(H,24,31)/t18-,21-/m1/s1. The molecule has 5 rings (SSSR count). The molecule has 0 amide bonds. The summed E-state index contributed by atoms with van der Waals surface area (Å²) in [5, 5.41) is 23.5. The summed E-state index contributed by atoms with van der Waals surface area (Å²) < 4.78 is 13.2. The predicted octanol–water partition coefficient (Wildman–Crippen LogP) is 1.64. The number of hydrogen-bond donors (Lipinski definition) is 2. The van der Waals surface area contributed by atoms with Crippen LogP contribution in [0.2, 0.25) is 0 Å². The van der Waals surface area contributed by atoms with Crippen LogP contribution in [0.25, 0.3) is 10.9 Å². The molecular formula is C23H30N6O4. The van der Waals surface area contributed by atoms with Crippen LogP contribution in [0.15, 0.2) is 29.1 Å². The lowest BCUT2D eigenvalue weighted by Gasteiger charge is -2.35. The lowest BCUT2D eigenvalue weighted by atomic mass is 9.99. The molecule has 10 nitrogen and oxygen atoms in total. The molecule has 4 heterocycles. The van der Waals surface area contributed by atoms with Crippen molar-refractivity contribution in [2.24, 2.45) is 0 Å². The lowest BCUT2D eigenvalue weighted by molar-refractivity contribution is 0.0632. The van der Waals surface area contributed by atoms with Crippen molar-refractivity contribution >= 4 is 10.9 Å². The highest BCUT2D eigenvalue weighted by Crippen LogP contribution is 2.30. The first kappa shape index (κ1) is 22.0. The van der Waals surface area contributed by atoms with E-state index in [1.807, 2.05) is 31.2 Å². The number of aromatic amines is 1. The van der Waals surface area contributed by atoms with E-state index in [1.54, 1.807) is 4.68 Å². The van der Waals surface area contributed by atoms with Crippen LogP contribution < -0.4 is 10.3 Å². The van der Waals surface area contributed by atoms with Crippen LogP contribution in [0.5, 0.6) is 5.75 Å². The number of tetrazole rings is 1. The summed E-state index contributed by atoms with van der Waals surface area (Å²) in [5.74, 6) is 1.37. The molecule has 0 bridgehead atoms. The second-order valence-corrected chi connectivity index (χ2v) is 8.76. The molecule has 2 saturated heterocycles. The van der Waals surface area contributed by atoms with E-state index in [-0.39, 0.29) is 17.8 Å². The summed E-state index contributed by atoms with van der Waals surface area (Å²) in [6.45, 7) is 5.11. The highest BCUT2D eigenvalue weighted by molar-refractivity contribution is 5.80. The van der Waals surface area contributed by atoms with Crippen LogP contribution in [0.3, 0.4) is 0 Å². The molecule has 0 saturated carbocycles. The van der Waals surface area contributed by atoms with E-state index in [1.165, 1.54) is 0 Å². The third-order valence-corrected chi connectivity index (χ3v) is 6.52. The molecular weight excluding hydrogens is 424 g/mol. The number of benzene rings is 1. The van der Waals surface area contributed by atoms with Gasteiger partial charge in [-0.1, -0.05) is 0 Å². The fraction of sp³-hybridized carbons (Fsp3) is 0.565. The molecule has 2 aliphatic rings. The maximum atomic E-state index is 13.3. The van der Waals surface area contributed by atoms with Gasteiger partial charge in [-0.05, 0) is 67.3 Å². The van der Waals surface area contributed by atoms with E-state index >= 15 is 0 Å². The van der Waals surface area contributed by atoms with Gasteiger partial charge in [-0.15, -0.1) is 5.10 Å². The van der Waals surface area contributed by atoms with Gasteiger partial charge in [0.1, 0.15) is 11.8 Å². The number of aliphatic hydroxyl groups is 1. The minimum atomic E-state index is -0.433. The number of aromatic nitrogens is 5. The van der Waals surface area contributed by atoms with Crippen LogP contribution >= 0.6 is 0 Å². The van der Waals surface area contributed by atoms with Crippen LogP contribution in [0, 0.1) is 0 Å². The summed E-state index contributed by atoms with van der Waals surface area (Å²) in [6, 6.07) is 7.13. The second kappa shape index (κ2) is 9.58. The maximum absolute atomic E-state index is 13.3. The quantitative estimate of drug-likeness (QED) is 0.553. The zero-order valence-corrected chi connectivity index (χ0v) is 18.8. The topological polar surface area (TPSA) is 118 Å². The Morgan fingerprint density at radius 1 is 1.27 bits per heavy atom. The number of piperidine rings is 1. The smallest absolute Gasteiger partial charge is 0.253 e. The third kappa shape index (κ3) is 4.64. The number of aliphatic hydroxyl groups excluding tert-OH is 1. The highest BCUT2D eigenvalue weighted by Gasteiger charge is 2.33. The highest BCUT2D eigenvalue weighted by atomic mass is 16.5. The van der Waals surface area contributed by atoms with Crippen molar-refractivity contribution in [2.75, 3.05) is 26.3 Å². The Balaban J connectivity index is 1.58. The molecule has 0 unspecified atom stereocenters. The van der Waals surface area contributed by atoms with E-state index < -0.39 is 6.04 Å². The number of rotatable bonds is 7. The van der Waals surface area contributed by atoms with Crippen LogP contribution in [0.1, 0.15) is 50.0 Å². The molecule has 2 aromatic heterocycles. The van der Waals surface area contributed by atoms with Crippen LogP contribution in [-0.4, -0.2) is 73.7 Å². The van der Waals surface area contributed by atoms with Crippen molar-refractivity contribution in [3.8, 4) is 5.75 Å². The Morgan fingerprint density at radius 3 is 2.88 bits per heavy atom. The Morgan fingerprint density at radius 2 is 2.12 bits per heavy atom. The lowest BCUT2D eigenvalue weighted by Crippen LogP contribution is -2.42. The first-order valence-electron chi connectivity index (χ1n) is 11.7. The Bertz CT molecular complexity index is 1150. The summed E-state index contributed by atoms with van der Waals surface area (Å²) in [4.78, 5) is 18.5. The van der Waals surface area contributed by atoms with Gasteiger partial charge in [0, 0.05) is 36.2 Å². The third-order valence-electron chi connectivity index (χ3n) is 6.52. The normalized spacial score (nSPS) is 21.0. The summed E-state index contributed by atoms with van der Waals surface area (Å²) in [6.07, 6.45) is 3.03. The molecule has 2 N–H and O–H groups in total. The van der Waals surface area contributed by atoms with E-state index in [0.717, 1.165) is 36.1 Å². The molecule has 2 atom stereocenters. The molecule has 0 radical (unpaired) electrons. The van der Waals surface area contributed by atoms with Gasteiger partial charge in [0.05, 0.1) is 25.4 Å². The number of H-pyrrole nitrogens is 1. The van der Waals surface area contributed by atoms with Crippen molar-refractivity contribution in [3.05, 3.63) is 46.0 Å². The largest absolute Gasteiger partial charge is 0.494 e. The van der Waals surface area contributed by atoms with E-state index in [4.69, 9.17) is 9.47 Å². The minimum absolute atomic E-state index is 0.0692. The Kier molecular flexibility index (Phi) is 6.39. The van der Waals surface area contributed by atoms with Crippen LogP contribution in [0.4, 0.5) is 0 Å². The zero-order valence-electron chi connectivity index (χ0n) is 18.8. The minimum Gasteiger partial charge on any atom is -0.494 e. The van der Waals surface area contributed by atoms with Gasteiger partial charge in [0.25, 0.3) is 5.56 Å². The van der Waals surface area contributed by atoms with Gasteiger partial charge in [-0.2, -0.15) is 0 Å². The molecule has 176 valence electrons. The molecule has 2 aliphatic heterocycles. The molecule has 1 aromatic carbocycles. The molecule has 3 aromatic rings. The fourth-order valence-corrected chi connectivity index (χ4v) is 4.82. The summed E-state index contributed by atoms with van der Waals surface area (Å²) in [7, 11) is 0. The Labute approximate surface area is 191 Å².